The van der Waals surface area contributed by atoms with Gasteiger partial charge in [-0.1, -0.05) is 0 Å². The summed E-state index contributed by atoms with van der Waals surface area (Å²) < 4.78 is 15.3. The van der Waals surface area contributed by atoms with Crippen LogP contribution in [0.15, 0.2) is 21.5 Å². The van der Waals surface area contributed by atoms with E-state index in [-0.39, 0.29) is 0 Å². The lowest BCUT2D eigenvalue weighted by atomic mass is 10.2. The van der Waals surface area contributed by atoms with Crippen molar-refractivity contribution in [3.05, 3.63) is 32.9 Å². The lowest BCUT2D eigenvalue weighted by Gasteiger charge is -2.06. The molecule has 3 rings (SSSR count). The van der Waals surface area contributed by atoms with Gasteiger partial charge in [0.15, 0.2) is 5.82 Å². The lowest BCUT2D eigenvalue weighted by Crippen LogP contribution is -2.22. The molecule has 0 N–H and O–H groups in total. The van der Waals surface area contributed by atoms with Crippen LogP contribution in [0.1, 0.15) is 25.7 Å². The minimum Gasteiger partial charge on any atom is -0.312 e. The minimum atomic E-state index is -0.672. The highest BCUT2D eigenvalue weighted by atomic mass is 79.9. The van der Waals surface area contributed by atoms with Crippen molar-refractivity contribution in [2.75, 3.05) is 0 Å². The van der Waals surface area contributed by atoms with Crippen molar-refractivity contribution in [1.82, 2.24) is 4.57 Å². The Balaban J connectivity index is 1.63. The van der Waals surface area contributed by atoms with Gasteiger partial charge in [-0.3, -0.25) is 4.79 Å². The molecule has 2 saturated carbocycles. The van der Waals surface area contributed by atoms with Crippen molar-refractivity contribution in [3.8, 4) is 0 Å². The normalized spacial score (nSPS) is 27.2. The number of halogens is 2. The Morgan fingerprint density at radius 1 is 1.47 bits per heavy atom. The Hall–Kier alpha value is -0.640. The Kier molecular flexibility index (Phi) is 2.85. The molecular weight excluding hydrogens is 285 g/mol. The van der Waals surface area contributed by atoms with Crippen molar-refractivity contribution >= 4 is 15.9 Å². The fourth-order valence-electron chi connectivity index (χ4n) is 2.74. The van der Waals surface area contributed by atoms with Crippen LogP contribution >= 0.6 is 15.9 Å². The van der Waals surface area contributed by atoms with Crippen LogP contribution in [0.5, 0.6) is 0 Å². The molecule has 1 heterocycles. The quantitative estimate of drug-likeness (QED) is 0.837. The standard InChI is InChI=1S/C13H15BrFNO/c14-10-6-12(15)13(17)16(7-10)4-3-9-5-11(9)8-1-2-8/h6-9,11H,1-5H2/t9-,11+/m1/s1. The molecule has 92 valence electrons. The molecule has 1 aromatic heterocycles. The second-order valence-corrected chi connectivity index (χ2v) is 6.21. The Bertz CT molecular complexity index is 495. The van der Waals surface area contributed by atoms with E-state index in [1.807, 2.05) is 0 Å². The highest BCUT2D eigenvalue weighted by Crippen LogP contribution is 2.55. The first-order chi connectivity index (χ1) is 8.15. The second-order valence-electron chi connectivity index (χ2n) is 5.29. The van der Waals surface area contributed by atoms with Crippen LogP contribution in [0, 0.1) is 23.6 Å². The number of rotatable bonds is 4. The molecular formula is C13H15BrFNO. The van der Waals surface area contributed by atoms with E-state index >= 15 is 0 Å². The van der Waals surface area contributed by atoms with E-state index in [4.69, 9.17) is 0 Å². The second kappa shape index (κ2) is 4.23. The van der Waals surface area contributed by atoms with Gasteiger partial charge in [-0.05, 0) is 65.4 Å². The molecule has 0 spiro atoms. The van der Waals surface area contributed by atoms with Gasteiger partial charge >= 0.3 is 0 Å². The molecule has 2 fully saturated rings. The highest BCUT2D eigenvalue weighted by Gasteiger charge is 2.46. The molecule has 0 aromatic carbocycles. The first-order valence-corrected chi connectivity index (χ1v) is 7.00. The molecule has 2 aliphatic rings. The predicted octanol–water partition coefficient (Wildman–Crippen LogP) is 3.19. The highest BCUT2D eigenvalue weighted by molar-refractivity contribution is 9.10. The summed E-state index contributed by atoms with van der Waals surface area (Å²) in [6.45, 7) is 0.642. The average Bonchev–Trinajstić information content (AvgIpc) is 3.13. The van der Waals surface area contributed by atoms with Crippen LogP contribution in [0.4, 0.5) is 4.39 Å². The third-order valence-corrected chi connectivity index (χ3v) is 4.39. The molecule has 0 radical (unpaired) electrons. The van der Waals surface area contributed by atoms with Gasteiger partial charge in [0.1, 0.15) is 0 Å². The van der Waals surface area contributed by atoms with Gasteiger partial charge in [-0.25, -0.2) is 4.39 Å². The minimum absolute atomic E-state index is 0.503. The van der Waals surface area contributed by atoms with E-state index in [0.29, 0.717) is 11.0 Å². The molecule has 0 saturated heterocycles. The van der Waals surface area contributed by atoms with Crippen molar-refractivity contribution < 1.29 is 4.39 Å². The summed E-state index contributed by atoms with van der Waals surface area (Å²) in [7, 11) is 0. The third-order valence-electron chi connectivity index (χ3n) is 3.95. The molecule has 0 unspecified atom stereocenters. The number of aromatic nitrogens is 1. The van der Waals surface area contributed by atoms with E-state index in [1.165, 1.54) is 29.9 Å². The zero-order chi connectivity index (χ0) is 12.0. The Morgan fingerprint density at radius 2 is 2.24 bits per heavy atom. The monoisotopic (exact) mass is 299 g/mol. The number of hydrogen-bond acceptors (Lipinski definition) is 1. The fraction of sp³-hybridized carbons (Fsp3) is 0.615. The van der Waals surface area contributed by atoms with E-state index in [1.54, 1.807) is 6.20 Å². The van der Waals surface area contributed by atoms with E-state index in [0.717, 1.165) is 24.2 Å². The van der Waals surface area contributed by atoms with Crippen LogP contribution in [0.3, 0.4) is 0 Å². The molecule has 4 heteroatoms. The first-order valence-electron chi connectivity index (χ1n) is 6.20. The van der Waals surface area contributed by atoms with E-state index in [9.17, 15) is 9.18 Å². The van der Waals surface area contributed by atoms with Crippen LogP contribution in [0.2, 0.25) is 0 Å². The van der Waals surface area contributed by atoms with Gasteiger partial charge in [0.2, 0.25) is 0 Å². The summed E-state index contributed by atoms with van der Waals surface area (Å²) in [6, 6.07) is 1.23. The molecule has 0 amide bonds. The van der Waals surface area contributed by atoms with Gasteiger partial charge in [-0.2, -0.15) is 0 Å². The number of hydrogen-bond donors (Lipinski definition) is 0. The number of nitrogens with zero attached hydrogens (tertiary/aromatic N) is 1. The molecule has 2 aliphatic carbocycles. The predicted molar refractivity (Wildman–Crippen MR) is 67.3 cm³/mol. The summed E-state index contributed by atoms with van der Waals surface area (Å²) in [5.41, 5.74) is -0.503. The molecule has 17 heavy (non-hydrogen) atoms. The molecule has 0 aliphatic heterocycles. The maximum atomic E-state index is 13.2. The number of pyridine rings is 1. The average molecular weight is 300 g/mol. The van der Waals surface area contributed by atoms with Gasteiger partial charge in [0.25, 0.3) is 5.56 Å². The summed E-state index contributed by atoms with van der Waals surface area (Å²) in [5, 5.41) is 0. The topological polar surface area (TPSA) is 22.0 Å². The van der Waals surface area contributed by atoms with Crippen LogP contribution < -0.4 is 5.56 Å². The van der Waals surface area contributed by atoms with Gasteiger partial charge in [0.05, 0.1) is 0 Å². The maximum absolute atomic E-state index is 13.2. The van der Waals surface area contributed by atoms with Crippen LogP contribution in [0.25, 0.3) is 0 Å². The van der Waals surface area contributed by atoms with Crippen molar-refractivity contribution in [2.45, 2.75) is 32.2 Å². The van der Waals surface area contributed by atoms with Gasteiger partial charge < -0.3 is 4.57 Å². The molecule has 1 aromatic rings. The zero-order valence-electron chi connectivity index (χ0n) is 9.53. The summed E-state index contributed by atoms with van der Waals surface area (Å²) in [6.07, 6.45) is 6.80. The zero-order valence-corrected chi connectivity index (χ0v) is 11.1. The Morgan fingerprint density at radius 3 is 2.94 bits per heavy atom. The van der Waals surface area contributed by atoms with Gasteiger partial charge in [0, 0.05) is 17.2 Å². The third kappa shape index (κ3) is 2.46. The molecule has 2 atom stereocenters. The van der Waals surface area contributed by atoms with Crippen molar-refractivity contribution in [2.24, 2.45) is 17.8 Å². The van der Waals surface area contributed by atoms with Gasteiger partial charge in [-0.15, -0.1) is 0 Å². The van der Waals surface area contributed by atoms with Crippen molar-refractivity contribution in [3.63, 3.8) is 0 Å². The largest absolute Gasteiger partial charge is 0.312 e. The summed E-state index contributed by atoms with van der Waals surface area (Å²) in [4.78, 5) is 11.5. The van der Waals surface area contributed by atoms with E-state index < -0.39 is 11.4 Å². The summed E-state index contributed by atoms with van der Waals surface area (Å²) >= 11 is 3.22. The van der Waals surface area contributed by atoms with E-state index in [2.05, 4.69) is 15.9 Å². The smallest absolute Gasteiger partial charge is 0.286 e. The first kappa shape index (κ1) is 11.5. The van der Waals surface area contributed by atoms with Crippen LogP contribution in [-0.2, 0) is 6.54 Å². The van der Waals surface area contributed by atoms with Crippen LogP contribution in [-0.4, -0.2) is 4.57 Å². The fourth-order valence-corrected chi connectivity index (χ4v) is 3.19. The maximum Gasteiger partial charge on any atom is 0.286 e. The lowest BCUT2D eigenvalue weighted by molar-refractivity contribution is 0.508. The molecule has 0 bridgehead atoms. The molecule has 2 nitrogen and oxygen atoms in total. The van der Waals surface area contributed by atoms with Crippen molar-refractivity contribution in [1.29, 1.82) is 0 Å². The summed E-state index contributed by atoms with van der Waals surface area (Å²) in [5.74, 6) is 1.98. The Labute approximate surface area is 108 Å². The SMILES string of the molecule is O=c1c(F)cc(Br)cn1CC[C@@H]1C[C@H]1C1CC1. The number of aryl methyl sites for hydroxylation is 1.